The van der Waals surface area contributed by atoms with Crippen LogP contribution in [0.2, 0.25) is 0 Å². The quantitative estimate of drug-likeness (QED) is 0.0551. The van der Waals surface area contributed by atoms with Crippen molar-refractivity contribution in [2.45, 2.75) is 51.6 Å². The summed E-state index contributed by atoms with van der Waals surface area (Å²) in [7, 11) is 0. The van der Waals surface area contributed by atoms with Gasteiger partial charge in [0.25, 0.3) is 0 Å². The number of rotatable bonds is 17. The summed E-state index contributed by atoms with van der Waals surface area (Å²) in [4.78, 5) is 32.8. The summed E-state index contributed by atoms with van der Waals surface area (Å²) in [5, 5.41) is 38.4. The van der Waals surface area contributed by atoms with Crippen molar-refractivity contribution in [1.82, 2.24) is 35.1 Å². The lowest BCUT2D eigenvalue weighted by atomic mass is 9.98. The van der Waals surface area contributed by atoms with Crippen molar-refractivity contribution in [2.75, 3.05) is 26.4 Å². The molecular formula is C30H32F5N7O9. The van der Waals surface area contributed by atoms with E-state index in [-0.39, 0.29) is 51.0 Å². The number of aromatic carboxylic acids is 1. The summed E-state index contributed by atoms with van der Waals surface area (Å²) in [6.45, 7) is 2.41. The Bertz CT molecular complexity index is 1780. The first-order chi connectivity index (χ1) is 24.1. The molecule has 4 aromatic rings. The predicted octanol–water partition coefficient (Wildman–Crippen LogP) is 5.26. The molecule has 0 amide bonds. The molecule has 2 heterocycles. The van der Waals surface area contributed by atoms with Crippen molar-refractivity contribution >= 4 is 12.1 Å². The minimum absolute atomic E-state index is 0.0123. The molecule has 0 saturated carbocycles. The van der Waals surface area contributed by atoms with Crippen LogP contribution in [-0.4, -0.2) is 95.4 Å². The molecule has 21 heteroatoms. The summed E-state index contributed by atoms with van der Waals surface area (Å²) < 4.78 is 84.4. The molecule has 0 spiro atoms. The third-order valence-electron chi connectivity index (χ3n) is 7.05. The van der Waals surface area contributed by atoms with Gasteiger partial charge in [-0.25, -0.2) is 19.4 Å². The standard InChI is InChI=1S/C30H32F5N7O9/c1-3-6-23-36-25(29(31,32)30(33,34)35)24(27(43)44)40(23)17-19-9-11-20(12-10-19)21-7-4-5-8-22(21)26-37-39-41(38-26)18(2)51-28(45)49-15-13-48-14-16-50-42(46)47/h4-5,7-12,18,46-47H,3,6,13-17H2,1-2H3,(H,43,44). The number of carbonyl (C=O) groups is 2. The van der Waals surface area contributed by atoms with Crippen molar-refractivity contribution in [3.05, 3.63) is 71.3 Å². The summed E-state index contributed by atoms with van der Waals surface area (Å²) in [5.74, 6) is -7.52. The molecule has 51 heavy (non-hydrogen) atoms. The zero-order valence-electron chi connectivity index (χ0n) is 27.0. The van der Waals surface area contributed by atoms with E-state index in [1.165, 1.54) is 6.92 Å². The van der Waals surface area contributed by atoms with E-state index in [9.17, 15) is 36.6 Å². The molecule has 4 rings (SSSR count). The Morgan fingerprint density at radius 1 is 0.961 bits per heavy atom. The van der Waals surface area contributed by atoms with Gasteiger partial charge in [0.15, 0.2) is 11.4 Å². The van der Waals surface area contributed by atoms with E-state index in [0.29, 0.717) is 28.7 Å². The average Bonchev–Trinajstić information content (AvgIpc) is 3.70. The molecule has 2 aromatic carbocycles. The van der Waals surface area contributed by atoms with E-state index < -0.39 is 47.2 Å². The number of carboxylic acid groups (broad SMARTS) is 1. The number of aromatic nitrogens is 6. The predicted molar refractivity (Wildman–Crippen MR) is 160 cm³/mol. The highest BCUT2D eigenvalue weighted by Gasteiger charge is 2.62. The van der Waals surface area contributed by atoms with Gasteiger partial charge in [0.2, 0.25) is 12.1 Å². The topological polar surface area (TPSA) is 196 Å². The van der Waals surface area contributed by atoms with Gasteiger partial charge in [0.05, 0.1) is 25.2 Å². The second-order valence-electron chi connectivity index (χ2n) is 10.6. The largest absolute Gasteiger partial charge is 0.510 e. The number of tetrazole rings is 1. The Balaban J connectivity index is 1.47. The molecule has 0 radical (unpaired) electrons. The molecule has 276 valence electrons. The van der Waals surface area contributed by atoms with Crippen molar-refractivity contribution < 1.29 is 66.1 Å². The zero-order valence-corrected chi connectivity index (χ0v) is 27.0. The summed E-state index contributed by atoms with van der Waals surface area (Å²) in [6.07, 6.45) is -7.86. The van der Waals surface area contributed by atoms with E-state index in [1.807, 2.05) is 0 Å². The van der Waals surface area contributed by atoms with E-state index >= 15 is 0 Å². The lowest BCUT2D eigenvalue weighted by Crippen LogP contribution is -2.35. The van der Waals surface area contributed by atoms with Gasteiger partial charge in [-0.2, -0.15) is 22.0 Å². The van der Waals surface area contributed by atoms with Gasteiger partial charge in [-0.1, -0.05) is 55.5 Å². The number of halogens is 5. The van der Waals surface area contributed by atoms with Crippen molar-refractivity contribution in [1.29, 1.82) is 0 Å². The highest BCUT2D eigenvalue weighted by atomic mass is 19.4. The zero-order chi connectivity index (χ0) is 37.3. The van der Waals surface area contributed by atoms with Crippen LogP contribution in [0.4, 0.5) is 26.7 Å². The fraction of sp³-hybridized carbons (Fsp3) is 0.400. The number of nitrogens with zero attached hydrogens (tertiary/aromatic N) is 7. The van der Waals surface area contributed by atoms with Crippen LogP contribution in [0.1, 0.15) is 54.1 Å². The molecule has 0 saturated heterocycles. The first kappa shape index (κ1) is 38.7. The molecule has 16 nitrogen and oxygen atoms in total. The number of ether oxygens (including phenoxy) is 3. The second kappa shape index (κ2) is 16.7. The maximum atomic E-state index is 14.4. The molecular weight excluding hydrogens is 697 g/mol. The minimum atomic E-state index is -6.05. The number of aryl methyl sites for hydroxylation is 1. The lowest BCUT2D eigenvalue weighted by Gasteiger charge is -2.18. The van der Waals surface area contributed by atoms with E-state index in [1.54, 1.807) is 55.5 Å². The fourth-order valence-electron chi connectivity index (χ4n) is 4.73. The number of carboxylic acids is 1. The van der Waals surface area contributed by atoms with Gasteiger partial charge in [-0.15, -0.1) is 15.0 Å². The molecule has 0 bridgehead atoms. The van der Waals surface area contributed by atoms with Gasteiger partial charge in [-0.05, 0) is 35.2 Å². The van der Waals surface area contributed by atoms with E-state index in [2.05, 4.69) is 25.2 Å². The van der Waals surface area contributed by atoms with Crippen LogP contribution in [0, 0.1) is 0 Å². The molecule has 0 aliphatic rings. The van der Waals surface area contributed by atoms with Crippen LogP contribution in [0.15, 0.2) is 48.5 Å². The third kappa shape index (κ3) is 9.58. The maximum absolute atomic E-state index is 14.4. The molecule has 1 atom stereocenters. The van der Waals surface area contributed by atoms with Crippen molar-refractivity contribution in [2.24, 2.45) is 0 Å². The van der Waals surface area contributed by atoms with Crippen LogP contribution in [0.5, 0.6) is 0 Å². The van der Waals surface area contributed by atoms with Gasteiger partial charge >= 0.3 is 24.2 Å². The molecule has 0 aliphatic carbocycles. The van der Waals surface area contributed by atoms with Crippen LogP contribution in [-0.2, 0) is 37.9 Å². The first-order valence-electron chi connectivity index (χ1n) is 15.1. The Morgan fingerprint density at radius 2 is 1.63 bits per heavy atom. The van der Waals surface area contributed by atoms with E-state index in [0.717, 1.165) is 9.36 Å². The van der Waals surface area contributed by atoms with Gasteiger partial charge < -0.3 is 23.9 Å². The smallest absolute Gasteiger partial charge is 0.477 e. The highest BCUT2D eigenvalue weighted by molar-refractivity contribution is 5.87. The number of carbonyl (C=O) groups excluding carboxylic acids is 1. The van der Waals surface area contributed by atoms with E-state index in [4.69, 9.17) is 24.6 Å². The average molecular weight is 730 g/mol. The van der Waals surface area contributed by atoms with Crippen LogP contribution < -0.4 is 0 Å². The Kier molecular flexibility index (Phi) is 12.7. The van der Waals surface area contributed by atoms with Gasteiger partial charge in [-0.3, -0.25) is 10.4 Å². The number of hydrogen-bond acceptors (Lipinski definition) is 13. The molecule has 1 unspecified atom stereocenters. The number of hydrogen-bond donors (Lipinski definition) is 3. The highest BCUT2D eigenvalue weighted by Crippen LogP contribution is 2.45. The van der Waals surface area contributed by atoms with Crippen molar-refractivity contribution in [3.8, 4) is 22.5 Å². The summed E-state index contributed by atoms with van der Waals surface area (Å²) in [6, 6.07) is 13.4. The second-order valence-corrected chi connectivity index (χ2v) is 10.6. The Morgan fingerprint density at radius 3 is 2.25 bits per heavy atom. The number of benzene rings is 2. The normalized spacial score (nSPS) is 12.7. The van der Waals surface area contributed by atoms with Crippen molar-refractivity contribution in [3.63, 3.8) is 0 Å². The van der Waals surface area contributed by atoms with Gasteiger partial charge in [0, 0.05) is 18.5 Å². The number of imidazole rings is 1. The fourth-order valence-corrected chi connectivity index (χ4v) is 4.73. The van der Waals surface area contributed by atoms with Crippen LogP contribution >= 0.6 is 0 Å². The molecule has 0 aliphatic heterocycles. The Labute approximate surface area is 285 Å². The number of alkyl halides is 5. The molecule has 0 fully saturated rings. The maximum Gasteiger partial charge on any atom is 0.510 e. The SMILES string of the molecule is CCCc1nc(C(F)(F)C(F)(F)F)c(C(=O)O)n1Cc1ccc(-c2ccccc2-c2nnn(C(C)OC(=O)OCCOCCON(O)O)n2)cc1. The summed E-state index contributed by atoms with van der Waals surface area (Å²) >= 11 is 0. The third-order valence-corrected chi connectivity index (χ3v) is 7.05. The monoisotopic (exact) mass is 729 g/mol. The summed E-state index contributed by atoms with van der Waals surface area (Å²) in [5.41, 5.74) is -0.934. The first-order valence-corrected chi connectivity index (χ1v) is 15.1. The van der Waals surface area contributed by atoms with Crippen LogP contribution in [0.3, 0.4) is 0 Å². The molecule has 3 N–H and O–H groups in total. The lowest BCUT2D eigenvalue weighted by molar-refractivity contribution is -0.493. The Hall–Kier alpha value is -5.09. The van der Waals surface area contributed by atoms with Gasteiger partial charge in [0.1, 0.15) is 12.4 Å². The van der Waals surface area contributed by atoms with Crippen LogP contribution in [0.25, 0.3) is 22.5 Å². The minimum Gasteiger partial charge on any atom is -0.477 e. The molecule has 2 aromatic heterocycles.